The second-order valence-electron chi connectivity index (χ2n) is 6.38. The molecule has 0 saturated carbocycles. The highest BCUT2D eigenvalue weighted by atomic mass is 16.7. The van der Waals surface area contributed by atoms with E-state index in [9.17, 15) is 4.79 Å². The molecular formula is C18H26N2O3. The van der Waals surface area contributed by atoms with E-state index >= 15 is 0 Å². The third-order valence-electron chi connectivity index (χ3n) is 4.65. The second-order valence-corrected chi connectivity index (χ2v) is 6.38. The zero-order valence-corrected chi connectivity index (χ0v) is 13.8. The third-order valence-corrected chi connectivity index (χ3v) is 4.65. The normalized spacial score (nSPS) is 23.1. The van der Waals surface area contributed by atoms with Gasteiger partial charge in [-0.3, -0.25) is 9.69 Å². The highest BCUT2D eigenvalue weighted by molar-refractivity contribution is 5.78. The van der Waals surface area contributed by atoms with Crippen LogP contribution in [0.4, 0.5) is 0 Å². The van der Waals surface area contributed by atoms with Crippen molar-refractivity contribution >= 4 is 5.91 Å². The molecule has 0 N–H and O–H groups in total. The van der Waals surface area contributed by atoms with Gasteiger partial charge in [0.05, 0.1) is 25.8 Å². The van der Waals surface area contributed by atoms with Crippen LogP contribution in [0.2, 0.25) is 0 Å². The molecule has 126 valence electrons. The maximum atomic E-state index is 12.6. The minimum Gasteiger partial charge on any atom is -0.349 e. The lowest BCUT2D eigenvalue weighted by Gasteiger charge is -2.38. The van der Waals surface area contributed by atoms with E-state index in [4.69, 9.17) is 9.47 Å². The molecule has 2 heterocycles. The standard InChI is InChI=1S/C18H26N2O3/c1-19(13-15-7-3-2-4-8-15)17(21)14-20-10-6-5-9-16(20)18-22-11-12-23-18/h2-4,7-8,16,18H,5-6,9-14H2,1H3/t16-/m1/s1. The number of hydrogen-bond acceptors (Lipinski definition) is 4. The summed E-state index contributed by atoms with van der Waals surface area (Å²) in [6.45, 7) is 3.36. The number of carbonyl (C=O) groups is 1. The molecule has 1 atom stereocenters. The van der Waals surface area contributed by atoms with Crippen LogP contribution in [-0.2, 0) is 20.8 Å². The number of nitrogens with zero attached hydrogens (tertiary/aromatic N) is 2. The maximum Gasteiger partial charge on any atom is 0.236 e. The van der Waals surface area contributed by atoms with Gasteiger partial charge in [-0.15, -0.1) is 0 Å². The number of likely N-dealkylation sites (tertiary alicyclic amines) is 1. The Balaban J connectivity index is 1.56. The van der Waals surface area contributed by atoms with Gasteiger partial charge >= 0.3 is 0 Å². The molecule has 0 unspecified atom stereocenters. The Hall–Kier alpha value is -1.43. The molecule has 3 rings (SSSR count). The van der Waals surface area contributed by atoms with E-state index in [2.05, 4.69) is 4.90 Å². The van der Waals surface area contributed by atoms with E-state index in [0.717, 1.165) is 24.9 Å². The van der Waals surface area contributed by atoms with Crippen molar-refractivity contribution in [2.75, 3.05) is 33.4 Å². The van der Waals surface area contributed by atoms with Crippen LogP contribution in [-0.4, -0.2) is 61.4 Å². The summed E-state index contributed by atoms with van der Waals surface area (Å²) in [4.78, 5) is 16.6. The summed E-state index contributed by atoms with van der Waals surface area (Å²) in [5.41, 5.74) is 1.15. The molecule has 1 aromatic carbocycles. The van der Waals surface area contributed by atoms with Crippen molar-refractivity contribution in [3.63, 3.8) is 0 Å². The molecular weight excluding hydrogens is 292 g/mol. The van der Waals surface area contributed by atoms with E-state index in [0.29, 0.717) is 26.3 Å². The predicted molar refractivity (Wildman–Crippen MR) is 87.8 cm³/mol. The Morgan fingerprint density at radius 2 is 1.96 bits per heavy atom. The summed E-state index contributed by atoms with van der Waals surface area (Å²) in [6, 6.07) is 10.3. The topological polar surface area (TPSA) is 42.0 Å². The van der Waals surface area contributed by atoms with Gasteiger partial charge in [-0.2, -0.15) is 0 Å². The first-order chi connectivity index (χ1) is 11.2. The summed E-state index contributed by atoms with van der Waals surface area (Å²) < 4.78 is 11.3. The number of piperidine rings is 1. The zero-order chi connectivity index (χ0) is 16.1. The van der Waals surface area contributed by atoms with Crippen LogP contribution in [0.3, 0.4) is 0 Å². The average molecular weight is 318 g/mol. The first kappa shape index (κ1) is 16.4. The van der Waals surface area contributed by atoms with Crippen LogP contribution in [0.1, 0.15) is 24.8 Å². The summed E-state index contributed by atoms with van der Waals surface area (Å²) in [5.74, 6) is 0.152. The number of rotatable bonds is 5. The number of ether oxygens (including phenoxy) is 2. The minimum atomic E-state index is -0.164. The van der Waals surface area contributed by atoms with Crippen molar-refractivity contribution in [1.29, 1.82) is 0 Å². The van der Waals surface area contributed by atoms with Crippen molar-refractivity contribution in [3.05, 3.63) is 35.9 Å². The Bertz CT molecular complexity index is 502. The van der Waals surface area contributed by atoms with E-state index < -0.39 is 0 Å². The monoisotopic (exact) mass is 318 g/mol. The molecule has 0 aromatic heterocycles. The SMILES string of the molecule is CN(Cc1ccccc1)C(=O)CN1CCCC[C@@H]1C1OCCO1. The van der Waals surface area contributed by atoms with E-state index in [1.54, 1.807) is 4.90 Å². The quantitative estimate of drug-likeness (QED) is 0.831. The number of benzene rings is 1. The van der Waals surface area contributed by atoms with Crippen LogP contribution in [0, 0.1) is 0 Å². The molecule has 2 aliphatic rings. The van der Waals surface area contributed by atoms with Gasteiger partial charge in [-0.25, -0.2) is 0 Å². The minimum absolute atomic E-state index is 0.152. The van der Waals surface area contributed by atoms with Gasteiger partial charge < -0.3 is 14.4 Å². The lowest BCUT2D eigenvalue weighted by atomic mass is 10.0. The van der Waals surface area contributed by atoms with E-state index in [1.807, 2.05) is 37.4 Å². The molecule has 0 aliphatic carbocycles. The third kappa shape index (κ3) is 4.31. The molecule has 2 aliphatic heterocycles. The van der Waals surface area contributed by atoms with Crippen LogP contribution in [0.15, 0.2) is 30.3 Å². The van der Waals surface area contributed by atoms with Gasteiger partial charge in [0.1, 0.15) is 0 Å². The molecule has 0 radical (unpaired) electrons. The lowest BCUT2D eigenvalue weighted by Crippen LogP contribution is -2.51. The highest BCUT2D eigenvalue weighted by Crippen LogP contribution is 2.24. The Labute approximate surface area is 138 Å². The number of amides is 1. The Morgan fingerprint density at radius 1 is 1.22 bits per heavy atom. The molecule has 0 spiro atoms. The molecule has 1 amide bonds. The number of hydrogen-bond donors (Lipinski definition) is 0. The predicted octanol–water partition coefficient (Wildman–Crippen LogP) is 1.87. The van der Waals surface area contributed by atoms with Gasteiger partial charge in [0.15, 0.2) is 6.29 Å². The molecule has 2 fully saturated rings. The summed E-state index contributed by atoms with van der Waals surface area (Å²) in [6.07, 6.45) is 3.19. The fourth-order valence-corrected chi connectivity index (χ4v) is 3.36. The molecule has 5 nitrogen and oxygen atoms in total. The smallest absolute Gasteiger partial charge is 0.236 e. The number of carbonyl (C=O) groups excluding carboxylic acids is 1. The summed E-state index contributed by atoms with van der Waals surface area (Å²) in [7, 11) is 1.87. The second kappa shape index (κ2) is 7.90. The zero-order valence-electron chi connectivity index (χ0n) is 13.8. The largest absolute Gasteiger partial charge is 0.349 e. The van der Waals surface area contributed by atoms with Crippen LogP contribution in [0.25, 0.3) is 0 Å². The van der Waals surface area contributed by atoms with Crippen molar-refractivity contribution in [1.82, 2.24) is 9.80 Å². The van der Waals surface area contributed by atoms with Crippen LogP contribution >= 0.6 is 0 Å². The van der Waals surface area contributed by atoms with Crippen molar-refractivity contribution in [2.45, 2.75) is 38.1 Å². The van der Waals surface area contributed by atoms with Gasteiger partial charge in [0.25, 0.3) is 0 Å². The first-order valence-electron chi connectivity index (χ1n) is 8.49. The van der Waals surface area contributed by atoms with Crippen LogP contribution < -0.4 is 0 Å². The molecule has 5 heteroatoms. The van der Waals surface area contributed by atoms with Crippen molar-refractivity contribution in [3.8, 4) is 0 Å². The summed E-state index contributed by atoms with van der Waals surface area (Å²) in [5, 5.41) is 0. The lowest BCUT2D eigenvalue weighted by molar-refractivity contribution is -0.139. The van der Waals surface area contributed by atoms with Gasteiger partial charge in [-0.05, 0) is 24.9 Å². The molecule has 23 heavy (non-hydrogen) atoms. The molecule has 0 bridgehead atoms. The fraction of sp³-hybridized carbons (Fsp3) is 0.611. The van der Waals surface area contributed by atoms with Gasteiger partial charge in [0.2, 0.25) is 5.91 Å². The van der Waals surface area contributed by atoms with E-state index in [1.165, 1.54) is 6.42 Å². The maximum absolute atomic E-state index is 12.6. The highest BCUT2D eigenvalue weighted by Gasteiger charge is 2.34. The van der Waals surface area contributed by atoms with E-state index in [-0.39, 0.29) is 18.2 Å². The molecule has 1 aromatic rings. The number of likely N-dealkylation sites (N-methyl/N-ethyl adjacent to an activating group) is 1. The first-order valence-corrected chi connectivity index (χ1v) is 8.49. The average Bonchev–Trinajstić information content (AvgIpc) is 3.10. The van der Waals surface area contributed by atoms with Gasteiger partial charge in [0, 0.05) is 13.6 Å². The Kier molecular flexibility index (Phi) is 5.65. The Morgan fingerprint density at radius 3 is 2.70 bits per heavy atom. The van der Waals surface area contributed by atoms with Crippen LogP contribution in [0.5, 0.6) is 0 Å². The fourth-order valence-electron chi connectivity index (χ4n) is 3.36. The van der Waals surface area contributed by atoms with Crippen molar-refractivity contribution in [2.24, 2.45) is 0 Å². The molecule has 2 saturated heterocycles. The van der Waals surface area contributed by atoms with Gasteiger partial charge in [-0.1, -0.05) is 36.8 Å². The summed E-state index contributed by atoms with van der Waals surface area (Å²) >= 11 is 0. The van der Waals surface area contributed by atoms with Crippen molar-refractivity contribution < 1.29 is 14.3 Å².